The minimum absolute atomic E-state index is 0.0365. The highest BCUT2D eigenvalue weighted by Gasteiger charge is 2.41. The van der Waals surface area contributed by atoms with Gasteiger partial charge in [0.25, 0.3) is 5.89 Å². The number of aromatic nitrogens is 3. The molecule has 0 aliphatic heterocycles. The molecular formula is C13H8F3N3O2. The number of rotatable bonds is 2. The Balaban J connectivity index is 2.07. The summed E-state index contributed by atoms with van der Waals surface area (Å²) in [4.78, 5) is 3.98. The van der Waals surface area contributed by atoms with Crippen molar-refractivity contribution < 1.29 is 22.2 Å². The SMILES string of the molecule is Cc1onc(C(F)(F)F)c1-c1nc(-c2ccccc2)no1. The van der Waals surface area contributed by atoms with Crippen molar-refractivity contribution in [1.29, 1.82) is 0 Å². The van der Waals surface area contributed by atoms with Crippen LogP contribution in [0.5, 0.6) is 0 Å². The third kappa shape index (κ3) is 2.39. The fraction of sp³-hybridized carbons (Fsp3) is 0.154. The second kappa shape index (κ2) is 4.72. The summed E-state index contributed by atoms with van der Waals surface area (Å²) in [5.74, 6) is -0.121. The first-order valence-corrected chi connectivity index (χ1v) is 5.90. The van der Waals surface area contributed by atoms with Gasteiger partial charge in [-0.25, -0.2) is 0 Å². The second-order valence-electron chi connectivity index (χ2n) is 4.25. The van der Waals surface area contributed by atoms with Gasteiger partial charge in [-0.3, -0.25) is 0 Å². The van der Waals surface area contributed by atoms with E-state index in [-0.39, 0.29) is 23.0 Å². The van der Waals surface area contributed by atoms with Crippen molar-refractivity contribution in [3.63, 3.8) is 0 Å². The van der Waals surface area contributed by atoms with Crippen LogP contribution in [0.3, 0.4) is 0 Å². The summed E-state index contributed by atoms with van der Waals surface area (Å²) in [6.45, 7) is 1.35. The van der Waals surface area contributed by atoms with Crippen LogP contribution >= 0.6 is 0 Å². The molecule has 0 atom stereocenters. The van der Waals surface area contributed by atoms with E-state index in [0.717, 1.165) is 0 Å². The average Bonchev–Trinajstić information content (AvgIpc) is 3.05. The van der Waals surface area contributed by atoms with Crippen molar-refractivity contribution >= 4 is 0 Å². The lowest BCUT2D eigenvalue weighted by Gasteiger charge is -2.01. The molecule has 0 aliphatic rings. The van der Waals surface area contributed by atoms with Gasteiger partial charge in [0, 0.05) is 5.56 Å². The Morgan fingerprint density at radius 3 is 2.38 bits per heavy atom. The van der Waals surface area contributed by atoms with Gasteiger partial charge in [0.1, 0.15) is 11.3 Å². The van der Waals surface area contributed by atoms with Crippen LogP contribution in [0.25, 0.3) is 22.8 Å². The number of hydrogen-bond donors (Lipinski definition) is 0. The topological polar surface area (TPSA) is 65.0 Å². The maximum atomic E-state index is 12.9. The maximum absolute atomic E-state index is 12.9. The summed E-state index contributed by atoms with van der Waals surface area (Å²) in [5, 5.41) is 6.70. The predicted octanol–water partition coefficient (Wildman–Crippen LogP) is 3.72. The van der Waals surface area contributed by atoms with E-state index >= 15 is 0 Å². The highest BCUT2D eigenvalue weighted by molar-refractivity contribution is 5.63. The zero-order valence-corrected chi connectivity index (χ0v) is 10.7. The Bertz CT molecular complexity index is 763. The zero-order chi connectivity index (χ0) is 15.0. The molecule has 2 heterocycles. The van der Waals surface area contributed by atoms with Crippen molar-refractivity contribution in [3.05, 3.63) is 41.8 Å². The summed E-state index contributed by atoms with van der Waals surface area (Å²) in [6.07, 6.45) is -4.66. The number of halogens is 3. The Morgan fingerprint density at radius 2 is 1.71 bits per heavy atom. The van der Waals surface area contributed by atoms with Crippen LogP contribution in [0.15, 0.2) is 39.4 Å². The largest absolute Gasteiger partial charge is 0.437 e. The molecule has 108 valence electrons. The molecule has 0 spiro atoms. The van der Waals surface area contributed by atoms with E-state index in [4.69, 9.17) is 4.52 Å². The lowest BCUT2D eigenvalue weighted by molar-refractivity contribution is -0.142. The highest BCUT2D eigenvalue weighted by atomic mass is 19.4. The molecule has 0 unspecified atom stereocenters. The molecule has 3 aromatic rings. The lowest BCUT2D eigenvalue weighted by atomic mass is 10.2. The number of nitrogens with zero attached hydrogens (tertiary/aromatic N) is 3. The van der Waals surface area contributed by atoms with E-state index in [1.807, 2.05) is 0 Å². The fourth-order valence-electron chi connectivity index (χ4n) is 1.85. The fourth-order valence-corrected chi connectivity index (χ4v) is 1.85. The molecule has 1 aromatic carbocycles. The molecule has 21 heavy (non-hydrogen) atoms. The molecule has 5 nitrogen and oxygen atoms in total. The molecule has 0 aliphatic carbocycles. The third-order valence-electron chi connectivity index (χ3n) is 2.80. The van der Waals surface area contributed by atoms with E-state index in [1.54, 1.807) is 30.3 Å². The van der Waals surface area contributed by atoms with E-state index < -0.39 is 11.9 Å². The Labute approximate surface area is 116 Å². The molecule has 3 rings (SSSR count). The first-order chi connectivity index (χ1) is 9.97. The smallest absolute Gasteiger partial charge is 0.360 e. The molecule has 0 bridgehead atoms. The first kappa shape index (κ1) is 13.3. The quantitative estimate of drug-likeness (QED) is 0.721. The van der Waals surface area contributed by atoms with Gasteiger partial charge >= 0.3 is 6.18 Å². The third-order valence-corrected chi connectivity index (χ3v) is 2.80. The number of hydrogen-bond acceptors (Lipinski definition) is 5. The average molecular weight is 295 g/mol. The van der Waals surface area contributed by atoms with Crippen molar-refractivity contribution in [2.45, 2.75) is 13.1 Å². The zero-order valence-electron chi connectivity index (χ0n) is 10.7. The Hall–Kier alpha value is -2.64. The summed E-state index contributed by atoms with van der Waals surface area (Å²) >= 11 is 0. The molecule has 2 aromatic heterocycles. The van der Waals surface area contributed by atoms with Crippen LogP contribution in [0.4, 0.5) is 13.2 Å². The van der Waals surface area contributed by atoms with Crippen LogP contribution in [0.2, 0.25) is 0 Å². The molecule has 8 heteroatoms. The predicted molar refractivity (Wildman–Crippen MR) is 65.0 cm³/mol. The van der Waals surface area contributed by atoms with E-state index in [2.05, 4.69) is 19.8 Å². The summed E-state index contributed by atoms with van der Waals surface area (Å²) in [6, 6.07) is 8.77. The standard InChI is InChI=1S/C13H8F3N3O2/c1-7-9(10(18-20-7)13(14,15)16)12-17-11(19-21-12)8-5-3-2-4-6-8/h2-6H,1H3. The van der Waals surface area contributed by atoms with Crippen LogP contribution in [-0.4, -0.2) is 15.3 Å². The van der Waals surface area contributed by atoms with Gasteiger partial charge in [0.2, 0.25) is 5.82 Å². The normalized spacial score (nSPS) is 11.8. The van der Waals surface area contributed by atoms with Crippen molar-refractivity contribution in [2.24, 2.45) is 0 Å². The van der Waals surface area contributed by atoms with Crippen LogP contribution < -0.4 is 0 Å². The number of alkyl halides is 3. The highest BCUT2D eigenvalue weighted by Crippen LogP contribution is 2.38. The Morgan fingerprint density at radius 1 is 1.00 bits per heavy atom. The van der Waals surface area contributed by atoms with Gasteiger partial charge in [-0.05, 0) is 6.92 Å². The van der Waals surface area contributed by atoms with Crippen molar-refractivity contribution in [1.82, 2.24) is 15.3 Å². The molecule has 0 fully saturated rings. The minimum atomic E-state index is -4.66. The molecule has 0 N–H and O–H groups in total. The van der Waals surface area contributed by atoms with Gasteiger partial charge in [0.05, 0.1) is 0 Å². The van der Waals surface area contributed by atoms with Gasteiger partial charge < -0.3 is 9.05 Å². The monoisotopic (exact) mass is 295 g/mol. The summed E-state index contributed by atoms with van der Waals surface area (Å²) in [5.41, 5.74) is -0.879. The summed E-state index contributed by atoms with van der Waals surface area (Å²) < 4.78 is 48.1. The van der Waals surface area contributed by atoms with Crippen LogP contribution in [0.1, 0.15) is 11.5 Å². The number of aryl methyl sites for hydroxylation is 1. The molecule has 0 radical (unpaired) electrons. The minimum Gasteiger partial charge on any atom is -0.360 e. The van der Waals surface area contributed by atoms with Crippen LogP contribution in [0, 0.1) is 6.92 Å². The van der Waals surface area contributed by atoms with Crippen molar-refractivity contribution in [3.8, 4) is 22.8 Å². The molecule has 0 amide bonds. The van der Waals surface area contributed by atoms with E-state index in [9.17, 15) is 13.2 Å². The lowest BCUT2D eigenvalue weighted by Crippen LogP contribution is -2.07. The Kier molecular flexibility index (Phi) is 3.00. The molecular weight excluding hydrogens is 287 g/mol. The van der Waals surface area contributed by atoms with Crippen LogP contribution in [-0.2, 0) is 6.18 Å². The van der Waals surface area contributed by atoms with Gasteiger partial charge in [-0.2, -0.15) is 18.2 Å². The van der Waals surface area contributed by atoms with Gasteiger partial charge in [-0.1, -0.05) is 40.6 Å². The summed E-state index contributed by atoms with van der Waals surface area (Å²) in [7, 11) is 0. The van der Waals surface area contributed by atoms with Crippen molar-refractivity contribution in [2.75, 3.05) is 0 Å². The maximum Gasteiger partial charge on any atom is 0.437 e. The first-order valence-electron chi connectivity index (χ1n) is 5.90. The molecule has 0 saturated carbocycles. The molecule has 0 saturated heterocycles. The van der Waals surface area contributed by atoms with Gasteiger partial charge in [-0.15, -0.1) is 0 Å². The second-order valence-corrected chi connectivity index (χ2v) is 4.25. The van der Waals surface area contributed by atoms with E-state index in [0.29, 0.717) is 5.56 Å². The number of benzene rings is 1. The van der Waals surface area contributed by atoms with E-state index in [1.165, 1.54) is 6.92 Å². The van der Waals surface area contributed by atoms with Gasteiger partial charge in [0.15, 0.2) is 5.69 Å².